The lowest BCUT2D eigenvalue weighted by Gasteiger charge is -2.43. The smallest absolute Gasteiger partial charge is 0.304 e. The monoisotopic (exact) mass is 263 g/mol. The van der Waals surface area contributed by atoms with Crippen LogP contribution in [0.1, 0.15) is 26.0 Å². The maximum Gasteiger partial charge on any atom is 0.304 e. The van der Waals surface area contributed by atoms with E-state index in [-0.39, 0.29) is 18.0 Å². The molecular formula is C14H21N3O2. The van der Waals surface area contributed by atoms with Gasteiger partial charge >= 0.3 is 5.97 Å². The molecule has 2 rings (SSSR count). The van der Waals surface area contributed by atoms with Crippen molar-refractivity contribution in [2.75, 3.05) is 13.1 Å². The number of hydrogen-bond donors (Lipinski definition) is 2. The van der Waals surface area contributed by atoms with Gasteiger partial charge in [0.15, 0.2) is 0 Å². The molecule has 0 saturated carbocycles. The molecule has 0 bridgehead atoms. The fourth-order valence-corrected chi connectivity index (χ4v) is 2.75. The Labute approximate surface area is 113 Å². The molecule has 5 heteroatoms. The molecule has 0 aromatic carbocycles. The van der Waals surface area contributed by atoms with Crippen LogP contribution in [0.4, 0.5) is 0 Å². The first-order valence-corrected chi connectivity index (χ1v) is 6.56. The second-order valence-electron chi connectivity index (χ2n) is 5.81. The van der Waals surface area contributed by atoms with Crippen LogP contribution in [-0.4, -0.2) is 45.6 Å². The predicted molar refractivity (Wildman–Crippen MR) is 72.8 cm³/mol. The minimum Gasteiger partial charge on any atom is -0.481 e. The number of pyridine rings is 1. The van der Waals surface area contributed by atoms with Crippen LogP contribution in [0.2, 0.25) is 0 Å². The quantitative estimate of drug-likeness (QED) is 0.852. The summed E-state index contributed by atoms with van der Waals surface area (Å²) in [5.41, 5.74) is 0.946. The third kappa shape index (κ3) is 4.29. The van der Waals surface area contributed by atoms with Crippen molar-refractivity contribution in [1.29, 1.82) is 0 Å². The highest BCUT2D eigenvalue weighted by atomic mass is 16.4. The van der Waals surface area contributed by atoms with Crippen LogP contribution in [0.3, 0.4) is 0 Å². The first kappa shape index (κ1) is 14.0. The van der Waals surface area contributed by atoms with Gasteiger partial charge in [-0.05, 0) is 26.0 Å². The van der Waals surface area contributed by atoms with E-state index in [1.807, 2.05) is 18.2 Å². The molecule has 0 aliphatic carbocycles. The second kappa shape index (κ2) is 5.67. The van der Waals surface area contributed by atoms with Crippen molar-refractivity contribution in [3.8, 4) is 0 Å². The third-order valence-corrected chi connectivity index (χ3v) is 3.23. The summed E-state index contributed by atoms with van der Waals surface area (Å²) in [5.74, 6) is -0.756. The van der Waals surface area contributed by atoms with Gasteiger partial charge in [-0.25, -0.2) is 0 Å². The van der Waals surface area contributed by atoms with Crippen LogP contribution >= 0.6 is 0 Å². The van der Waals surface area contributed by atoms with E-state index in [1.165, 1.54) is 0 Å². The first-order chi connectivity index (χ1) is 8.94. The summed E-state index contributed by atoms with van der Waals surface area (Å²) in [4.78, 5) is 17.5. The zero-order valence-corrected chi connectivity index (χ0v) is 11.5. The Bertz CT molecular complexity index is 434. The van der Waals surface area contributed by atoms with E-state index in [9.17, 15) is 4.79 Å². The molecule has 1 aliphatic rings. The van der Waals surface area contributed by atoms with Gasteiger partial charge in [0.1, 0.15) is 0 Å². The van der Waals surface area contributed by atoms with Crippen LogP contribution in [-0.2, 0) is 11.3 Å². The molecular weight excluding hydrogens is 242 g/mol. The first-order valence-electron chi connectivity index (χ1n) is 6.56. The Morgan fingerprint density at radius 2 is 2.37 bits per heavy atom. The van der Waals surface area contributed by atoms with E-state index in [2.05, 4.69) is 29.0 Å². The average Bonchev–Trinajstić information content (AvgIpc) is 2.26. The van der Waals surface area contributed by atoms with Crippen molar-refractivity contribution < 1.29 is 9.90 Å². The number of carboxylic acid groups (broad SMARTS) is 1. The Hall–Kier alpha value is -1.46. The standard InChI is InChI=1S/C14H21N3O2/c1-14(2)10-17(8-11-5-3-4-6-15-11)9-12(16-14)7-13(18)19/h3-6,12,16H,7-10H2,1-2H3,(H,18,19). The summed E-state index contributed by atoms with van der Waals surface area (Å²) in [5, 5.41) is 12.3. The van der Waals surface area contributed by atoms with Gasteiger partial charge in [-0.15, -0.1) is 0 Å². The molecule has 2 heterocycles. The van der Waals surface area contributed by atoms with Gasteiger partial charge in [0, 0.05) is 37.4 Å². The normalized spacial score (nSPS) is 23.2. The Morgan fingerprint density at radius 3 is 3.00 bits per heavy atom. The third-order valence-electron chi connectivity index (χ3n) is 3.23. The zero-order chi connectivity index (χ0) is 13.9. The number of hydrogen-bond acceptors (Lipinski definition) is 4. The van der Waals surface area contributed by atoms with E-state index in [0.717, 1.165) is 25.3 Å². The van der Waals surface area contributed by atoms with E-state index in [4.69, 9.17) is 5.11 Å². The summed E-state index contributed by atoms with van der Waals surface area (Å²) in [6, 6.07) is 5.87. The maximum absolute atomic E-state index is 10.9. The van der Waals surface area contributed by atoms with E-state index in [1.54, 1.807) is 6.20 Å². The minimum atomic E-state index is -0.756. The van der Waals surface area contributed by atoms with Crippen LogP contribution in [0.15, 0.2) is 24.4 Å². The molecule has 5 nitrogen and oxygen atoms in total. The van der Waals surface area contributed by atoms with Gasteiger partial charge in [0.2, 0.25) is 0 Å². The van der Waals surface area contributed by atoms with Crippen LogP contribution in [0.25, 0.3) is 0 Å². The van der Waals surface area contributed by atoms with Gasteiger partial charge in [0.05, 0.1) is 12.1 Å². The molecule has 1 saturated heterocycles. The average molecular weight is 263 g/mol. The van der Waals surface area contributed by atoms with Gasteiger partial charge in [-0.3, -0.25) is 14.7 Å². The highest BCUT2D eigenvalue weighted by Crippen LogP contribution is 2.17. The molecule has 2 N–H and O–H groups in total. The topological polar surface area (TPSA) is 65.5 Å². The van der Waals surface area contributed by atoms with E-state index in [0.29, 0.717) is 0 Å². The minimum absolute atomic E-state index is 0.00929. The van der Waals surface area contributed by atoms with Crippen molar-refractivity contribution >= 4 is 5.97 Å². The molecule has 1 aliphatic heterocycles. The number of piperazine rings is 1. The summed E-state index contributed by atoms with van der Waals surface area (Å²) >= 11 is 0. The molecule has 0 radical (unpaired) electrons. The lowest BCUT2D eigenvalue weighted by atomic mass is 9.97. The van der Waals surface area contributed by atoms with Crippen molar-refractivity contribution in [1.82, 2.24) is 15.2 Å². The number of carbonyl (C=O) groups is 1. The Balaban J connectivity index is 2.01. The Kier molecular flexibility index (Phi) is 4.17. The largest absolute Gasteiger partial charge is 0.481 e. The van der Waals surface area contributed by atoms with Gasteiger partial charge in [-0.2, -0.15) is 0 Å². The van der Waals surface area contributed by atoms with E-state index < -0.39 is 5.97 Å². The van der Waals surface area contributed by atoms with Gasteiger partial charge in [-0.1, -0.05) is 6.07 Å². The van der Waals surface area contributed by atoms with Crippen LogP contribution < -0.4 is 5.32 Å². The molecule has 1 aromatic heterocycles. The van der Waals surface area contributed by atoms with Crippen LogP contribution in [0, 0.1) is 0 Å². The molecule has 0 spiro atoms. The molecule has 1 aromatic rings. The number of nitrogens with zero attached hydrogens (tertiary/aromatic N) is 2. The van der Waals surface area contributed by atoms with Gasteiger partial charge in [0.25, 0.3) is 0 Å². The Morgan fingerprint density at radius 1 is 1.58 bits per heavy atom. The number of rotatable bonds is 4. The maximum atomic E-state index is 10.9. The zero-order valence-electron chi connectivity index (χ0n) is 11.5. The lowest BCUT2D eigenvalue weighted by molar-refractivity contribution is -0.138. The highest BCUT2D eigenvalue weighted by Gasteiger charge is 2.32. The number of nitrogens with one attached hydrogen (secondary N) is 1. The predicted octanol–water partition coefficient (Wildman–Crippen LogP) is 1.11. The summed E-state index contributed by atoms with van der Waals surface area (Å²) in [6.45, 7) is 6.60. The SMILES string of the molecule is CC1(C)CN(Cc2ccccn2)CC(CC(=O)O)N1. The van der Waals surface area contributed by atoms with E-state index >= 15 is 0 Å². The summed E-state index contributed by atoms with van der Waals surface area (Å²) in [6.07, 6.45) is 1.94. The van der Waals surface area contributed by atoms with Crippen LogP contribution in [0.5, 0.6) is 0 Å². The summed E-state index contributed by atoms with van der Waals surface area (Å²) < 4.78 is 0. The van der Waals surface area contributed by atoms with Gasteiger partial charge < -0.3 is 10.4 Å². The van der Waals surface area contributed by atoms with Crippen molar-refractivity contribution in [2.24, 2.45) is 0 Å². The molecule has 0 amide bonds. The van der Waals surface area contributed by atoms with Crippen molar-refractivity contribution in [3.05, 3.63) is 30.1 Å². The second-order valence-corrected chi connectivity index (χ2v) is 5.81. The number of carboxylic acids is 1. The van der Waals surface area contributed by atoms with Crippen molar-refractivity contribution in [2.45, 2.75) is 38.4 Å². The fraction of sp³-hybridized carbons (Fsp3) is 0.571. The molecule has 104 valence electrons. The molecule has 1 atom stereocenters. The molecule has 19 heavy (non-hydrogen) atoms. The lowest BCUT2D eigenvalue weighted by Crippen LogP contribution is -2.62. The summed E-state index contributed by atoms with van der Waals surface area (Å²) in [7, 11) is 0. The van der Waals surface area contributed by atoms with Crippen molar-refractivity contribution in [3.63, 3.8) is 0 Å². The number of aromatic nitrogens is 1. The molecule has 1 fully saturated rings. The molecule has 1 unspecified atom stereocenters. The highest BCUT2D eigenvalue weighted by molar-refractivity contribution is 5.67. The number of aliphatic carboxylic acids is 1. The fourth-order valence-electron chi connectivity index (χ4n) is 2.75.